The van der Waals surface area contributed by atoms with Gasteiger partial charge in [0, 0.05) is 90.9 Å². The zero-order valence-electron chi connectivity index (χ0n) is 46.6. The Morgan fingerprint density at radius 1 is 0.580 bits per heavy atom. The van der Waals surface area contributed by atoms with E-state index in [0.29, 0.717) is 81.3 Å². The van der Waals surface area contributed by atoms with Crippen molar-refractivity contribution in [2.24, 2.45) is 0 Å². The molecule has 2 atom stereocenters. The summed E-state index contributed by atoms with van der Waals surface area (Å²) in [7, 11) is 0. The first-order valence-corrected chi connectivity index (χ1v) is 27.3. The maximum atomic E-state index is 13.5. The number of nitrogens with one attached hydrogen (secondary N) is 2. The van der Waals surface area contributed by atoms with E-state index in [1.54, 1.807) is 79.1 Å². The molecule has 0 spiro atoms. The lowest BCUT2D eigenvalue weighted by Gasteiger charge is -2.27. The zero-order chi connectivity index (χ0) is 57.7. The highest BCUT2D eigenvalue weighted by Crippen LogP contribution is 2.33. The minimum absolute atomic E-state index is 0. The fourth-order valence-electron chi connectivity index (χ4n) is 9.37. The van der Waals surface area contributed by atoms with E-state index < -0.39 is 35.7 Å². The lowest BCUT2D eigenvalue weighted by atomic mass is 10.0. The molecule has 4 aliphatic heterocycles. The molecular weight excluding hydrogens is 1040 g/mol. The average Bonchev–Trinajstić information content (AvgIpc) is 4.38. The molecule has 4 aliphatic rings. The van der Waals surface area contributed by atoms with Crippen LogP contribution in [0.4, 0.5) is 44.5 Å². The van der Waals surface area contributed by atoms with E-state index in [-0.39, 0.29) is 98.7 Å². The van der Waals surface area contributed by atoms with Crippen molar-refractivity contribution in [1.29, 1.82) is 0 Å². The van der Waals surface area contributed by atoms with Gasteiger partial charge in [0.15, 0.2) is 11.6 Å². The Balaban J connectivity index is 0.000000259. The number of benzene rings is 2. The van der Waals surface area contributed by atoms with Crippen LogP contribution in [0.25, 0.3) is 0 Å². The molecule has 2 aromatic carbocycles. The first-order chi connectivity index (χ1) is 38.3. The van der Waals surface area contributed by atoms with Crippen LogP contribution in [-0.2, 0) is 46.3 Å². The van der Waals surface area contributed by atoms with Crippen molar-refractivity contribution < 1.29 is 57.7 Å². The summed E-state index contributed by atoms with van der Waals surface area (Å²) in [5.41, 5.74) is 1.01. The van der Waals surface area contributed by atoms with Crippen molar-refractivity contribution in [3.63, 3.8) is 0 Å². The molecule has 436 valence electrons. The summed E-state index contributed by atoms with van der Waals surface area (Å²) < 4.78 is 16.6. The molecule has 3 N–H and O–H groups in total. The Morgan fingerprint density at radius 3 is 1.26 bits per heavy atom. The first-order valence-electron chi connectivity index (χ1n) is 27.3. The van der Waals surface area contributed by atoms with Gasteiger partial charge in [-0.05, 0) is 110 Å². The van der Waals surface area contributed by atoms with Crippen LogP contribution < -0.4 is 39.7 Å². The Bertz CT molecular complexity index is 2850. The van der Waals surface area contributed by atoms with Crippen LogP contribution in [0.3, 0.4) is 0 Å². The molecular formula is C57H76N12O12. The van der Waals surface area contributed by atoms with Crippen LogP contribution in [-0.4, -0.2) is 153 Å². The third-order valence-electron chi connectivity index (χ3n) is 13.7. The van der Waals surface area contributed by atoms with E-state index in [1.807, 2.05) is 37.5 Å². The molecule has 0 unspecified atom stereocenters. The summed E-state index contributed by atoms with van der Waals surface area (Å²) in [5.74, 6) is -1.33. The number of carboxylic acids is 1. The summed E-state index contributed by atoms with van der Waals surface area (Å²) in [6, 6.07) is 11.5. The predicted molar refractivity (Wildman–Crippen MR) is 304 cm³/mol. The van der Waals surface area contributed by atoms with Gasteiger partial charge in [-0.3, -0.25) is 19.2 Å². The zero-order valence-corrected chi connectivity index (χ0v) is 46.6. The topological polar surface area (TPSA) is 280 Å². The van der Waals surface area contributed by atoms with E-state index in [0.717, 1.165) is 41.0 Å². The minimum atomic E-state index is -1.14. The van der Waals surface area contributed by atoms with Crippen LogP contribution in [0.15, 0.2) is 60.9 Å². The normalized spacial score (nSPS) is 15.8. The molecule has 0 radical (unpaired) electrons. The molecule has 0 bridgehead atoms. The van der Waals surface area contributed by atoms with Crippen molar-refractivity contribution in [3.8, 4) is 11.5 Å². The fourth-order valence-corrected chi connectivity index (χ4v) is 9.37. The quantitative estimate of drug-likeness (QED) is 0.0580. The standard InChI is InChI=1S/C30H40N6O6.C26H32N6O6.CH4/c1-6-34(7-2)28-31-19-23(36-24(37)14-15-25(36)38)26(33-28)32-22(27(39)42-30(3,4)5)18-20-10-12-21(13-11-20)41-29(40)35-16-8-9-17-35;1-3-30(4-2)25-27-16-20(32-21(33)11-12-22(32)34)23(29-25)28-19(24(35)36)15-17-7-9-18(10-8-17)38-26(37)31-13-5-6-14-31;/h10-13,19,22H,6-9,14-18H2,1-5H3,(H,31,32,33);7-10,16,19H,3-6,11-15H2,1-2H3,(H,35,36)(H,27,28,29);1H4/t22-;19-;/m00./s1. The molecule has 4 aromatic rings. The van der Waals surface area contributed by atoms with E-state index in [2.05, 4.69) is 30.6 Å². The second kappa shape index (κ2) is 28.1. The van der Waals surface area contributed by atoms with Crippen molar-refractivity contribution in [1.82, 2.24) is 29.7 Å². The summed E-state index contributed by atoms with van der Waals surface area (Å²) >= 11 is 0. The Kier molecular flexibility index (Phi) is 21.4. The van der Waals surface area contributed by atoms with Crippen LogP contribution in [0, 0.1) is 0 Å². The van der Waals surface area contributed by atoms with Gasteiger partial charge in [0.25, 0.3) is 0 Å². The Hall–Kier alpha value is -8.44. The van der Waals surface area contributed by atoms with Gasteiger partial charge in [-0.1, -0.05) is 31.7 Å². The van der Waals surface area contributed by atoms with E-state index in [1.165, 1.54) is 12.4 Å². The summed E-state index contributed by atoms with van der Waals surface area (Å²) in [6.07, 6.45) is 6.53. The number of nitrogens with zero attached hydrogens (tertiary/aromatic N) is 10. The molecule has 0 aliphatic carbocycles. The fraction of sp³-hybridized carbons (Fsp3) is 0.509. The molecule has 8 rings (SSSR count). The van der Waals surface area contributed by atoms with Gasteiger partial charge in [0.1, 0.15) is 40.6 Å². The highest BCUT2D eigenvalue weighted by atomic mass is 16.6. The highest BCUT2D eigenvalue weighted by Gasteiger charge is 2.37. The highest BCUT2D eigenvalue weighted by molar-refractivity contribution is 6.21. The van der Waals surface area contributed by atoms with Crippen molar-refractivity contribution in [3.05, 3.63) is 72.1 Å². The molecule has 2 aromatic heterocycles. The number of ether oxygens (including phenoxy) is 3. The number of hydrogen-bond acceptors (Lipinski definition) is 19. The number of carbonyl (C=O) groups is 8. The first kappa shape index (κ1) is 61.8. The van der Waals surface area contributed by atoms with Gasteiger partial charge >= 0.3 is 24.1 Å². The number of rotatable bonds is 20. The van der Waals surface area contributed by atoms with Gasteiger partial charge < -0.3 is 49.6 Å². The monoisotopic (exact) mass is 1120 g/mol. The lowest BCUT2D eigenvalue weighted by Crippen LogP contribution is -2.39. The Morgan fingerprint density at radius 2 is 0.926 bits per heavy atom. The molecule has 24 heteroatoms. The van der Waals surface area contributed by atoms with Crippen LogP contribution in [0.1, 0.15) is 118 Å². The van der Waals surface area contributed by atoms with Gasteiger partial charge in [0.2, 0.25) is 35.5 Å². The lowest BCUT2D eigenvalue weighted by molar-refractivity contribution is -0.155. The molecule has 4 fully saturated rings. The van der Waals surface area contributed by atoms with Crippen molar-refractivity contribution in [2.45, 2.75) is 138 Å². The van der Waals surface area contributed by atoms with Crippen LogP contribution in [0.2, 0.25) is 0 Å². The number of aliphatic carboxylic acids is 1. The number of esters is 1. The summed E-state index contributed by atoms with van der Waals surface area (Å²) in [5, 5.41) is 16.1. The molecule has 0 saturated carbocycles. The molecule has 6 amide bonds. The molecule has 4 saturated heterocycles. The number of imide groups is 2. The van der Waals surface area contributed by atoms with Crippen LogP contribution in [0.5, 0.6) is 11.5 Å². The maximum absolute atomic E-state index is 13.5. The summed E-state index contributed by atoms with van der Waals surface area (Å²) in [4.78, 5) is 128. The predicted octanol–water partition coefficient (Wildman–Crippen LogP) is 7.25. The van der Waals surface area contributed by atoms with E-state index in [4.69, 9.17) is 14.2 Å². The SMILES string of the molecule is C.CCN(CC)c1ncc(N2C(=O)CCC2=O)c(N[C@@H](Cc2ccc(OC(=O)N3CCCC3)cc2)C(=O)O)n1.CCN(CC)c1ncc(N2C(=O)CCC2=O)c(N[C@@H](Cc2ccc(OC(=O)N3CCCC3)cc2)C(=O)OC(C)(C)C)n1. The maximum Gasteiger partial charge on any atom is 0.415 e. The van der Waals surface area contributed by atoms with E-state index >= 15 is 0 Å². The minimum Gasteiger partial charge on any atom is -0.480 e. The second-order valence-corrected chi connectivity index (χ2v) is 20.5. The third kappa shape index (κ3) is 16.1. The van der Waals surface area contributed by atoms with E-state index in [9.17, 15) is 43.5 Å². The number of amides is 6. The molecule has 6 heterocycles. The molecule has 81 heavy (non-hydrogen) atoms. The number of hydrogen-bond donors (Lipinski definition) is 3. The van der Waals surface area contributed by atoms with Gasteiger partial charge in [0.05, 0.1) is 12.4 Å². The van der Waals surface area contributed by atoms with Gasteiger partial charge in [-0.2, -0.15) is 9.97 Å². The number of aromatic nitrogens is 4. The number of carboxylic acid groups (broad SMARTS) is 1. The van der Waals surface area contributed by atoms with Crippen molar-refractivity contribution in [2.75, 3.05) is 82.6 Å². The van der Waals surface area contributed by atoms with Gasteiger partial charge in [-0.15, -0.1) is 0 Å². The number of anilines is 6. The molecule has 24 nitrogen and oxygen atoms in total. The summed E-state index contributed by atoms with van der Waals surface area (Å²) in [6.45, 7) is 18.4. The van der Waals surface area contributed by atoms with Crippen LogP contribution >= 0.6 is 0 Å². The van der Waals surface area contributed by atoms with Crippen molar-refractivity contribution >= 4 is 82.7 Å². The van der Waals surface area contributed by atoms with Gasteiger partial charge in [-0.25, -0.2) is 38.9 Å². The second-order valence-electron chi connectivity index (χ2n) is 20.5. The smallest absolute Gasteiger partial charge is 0.415 e. The largest absolute Gasteiger partial charge is 0.480 e. The average molecular weight is 1120 g/mol. The number of carbonyl (C=O) groups excluding carboxylic acids is 7. The third-order valence-corrected chi connectivity index (χ3v) is 13.7. The Labute approximate surface area is 472 Å². The number of likely N-dealkylation sites (tertiary alicyclic amines) is 2.